The molecule has 4 heteroatoms. The molecule has 3 rings (SSSR count). The molecule has 2 aliphatic heterocycles. The van der Waals surface area contributed by atoms with Crippen LogP contribution in [0.2, 0.25) is 0 Å². The first-order valence-electron chi connectivity index (χ1n) is 6.80. The third-order valence-electron chi connectivity index (χ3n) is 4.59. The van der Waals surface area contributed by atoms with E-state index in [4.69, 9.17) is 0 Å². The Bertz CT molecular complexity index is 517. The topological polar surface area (TPSA) is 40.5 Å². The van der Waals surface area contributed by atoms with Gasteiger partial charge in [0.2, 0.25) is 0 Å². The lowest BCUT2D eigenvalue weighted by molar-refractivity contribution is -0.142. The number of hydrogen-bond acceptors (Lipinski definition) is 2. The number of aryl methyl sites for hydroxylation is 1. The van der Waals surface area contributed by atoms with Gasteiger partial charge in [-0.25, -0.2) is 4.39 Å². The molecule has 102 valence electrons. The molecule has 0 saturated carbocycles. The maximum absolute atomic E-state index is 13.3. The predicted molar refractivity (Wildman–Crippen MR) is 69.2 cm³/mol. The fraction of sp³-hybridized carbons (Fsp3) is 0.533. The van der Waals surface area contributed by atoms with Gasteiger partial charge in [0.05, 0.1) is 5.92 Å². The minimum atomic E-state index is -0.674. The van der Waals surface area contributed by atoms with Crippen molar-refractivity contribution in [2.45, 2.75) is 44.8 Å². The molecule has 0 radical (unpaired) electrons. The van der Waals surface area contributed by atoms with Gasteiger partial charge in [-0.05, 0) is 43.4 Å². The number of carbonyl (C=O) groups is 1. The smallest absolute Gasteiger partial charge is 0.308 e. The van der Waals surface area contributed by atoms with Crippen LogP contribution in [0, 0.1) is 18.7 Å². The van der Waals surface area contributed by atoms with E-state index in [0.717, 1.165) is 31.4 Å². The van der Waals surface area contributed by atoms with Crippen molar-refractivity contribution in [1.82, 2.24) is 4.90 Å². The molecule has 2 fully saturated rings. The minimum Gasteiger partial charge on any atom is -0.481 e. The number of halogens is 1. The maximum atomic E-state index is 13.3. The summed E-state index contributed by atoms with van der Waals surface area (Å²) in [7, 11) is 0. The minimum absolute atomic E-state index is 0.160. The first-order chi connectivity index (χ1) is 9.06. The predicted octanol–water partition coefficient (Wildman–Crippen LogP) is 2.57. The van der Waals surface area contributed by atoms with Crippen LogP contribution >= 0.6 is 0 Å². The maximum Gasteiger partial charge on any atom is 0.308 e. The zero-order valence-corrected chi connectivity index (χ0v) is 11.0. The zero-order valence-electron chi connectivity index (χ0n) is 11.0. The lowest BCUT2D eigenvalue weighted by Crippen LogP contribution is -2.32. The molecule has 0 amide bonds. The molecule has 0 spiro atoms. The van der Waals surface area contributed by atoms with Crippen LogP contribution in [0.4, 0.5) is 4.39 Å². The summed E-state index contributed by atoms with van der Waals surface area (Å²) < 4.78 is 13.3. The van der Waals surface area contributed by atoms with Crippen LogP contribution in [-0.2, 0) is 11.3 Å². The van der Waals surface area contributed by atoms with E-state index in [1.807, 2.05) is 6.07 Å². The molecule has 1 aromatic rings. The number of rotatable bonds is 3. The van der Waals surface area contributed by atoms with E-state index in [1.54, 1.807) is 13.0 Å². The first kappa shape index (κ1) is 12.6. The van der Waals surface area contributed by atoms with Gasteiger partial charge in [0.25, 0.3) is 0 Å². The largest absolute Gasteiger partial charge is 0.481 e. The van der Waals surface area contributed by atoms with Crippen molar-refractivity contribution in [2.75, 3.05) is 0 Å². The molecule has 2 saturated heterocycles. The van der Waals surface area contributed by atoms with E-state index in [-0.39, 0.29) is 17.8 Å². The Morgan fingerprint density at radius 3 is 2.89 bits per heavy atom. The Labute approximate surface area is 112 Å². The van der Waals surface area contributed by atoms with Gasteiger partial charge >= 0.3 is 5.97 Å². The first-order valence-corrected chi connectivity index (χ1v) is 6.80. The monoisotopic (exact) mass is 263 g/mol. The molecular weight excluding hydrogens is 245 g/mol. The second-order valence-electron chi connectivity index (χ2n) is 5.73. The average Bonchev–Trinajstić information content (AvgIpc) is 2.91. The van der Waals surface area contributed by atoms with Crippen LogP contribution < -0.4 is 0 Å². The summed E-state index contributed by atoms with van der Waals surface area (Å²) in [5.74, 6) is -1.08. The van der Waals surface area contributed by atoms with Crippen molar-refractivity contribution in [1.29, 1.82) is 0 Å². The van der Waals surface area contributed by atoms with E-state index in [1.165, 1.54) is 6.07 Å². The summed E-state index contributed by atoms with van der Waals surface area (Å²) in [5, 5.41) is 9.22. The van der Waals surface area contributed by atoms with Crippen LogP contribution in [-0.4, -0.2) is 28.1 Å². The van der Waals surface area contributed by atoms with E-state index >= 15 is 0 Å². The van der Waals surface area contributed by atoms with Gasteiger partial charge in [0.1, 0.15) is 5.82 Å². The van der Waals surface area contributed by atoms with Gasteiger partial charge in [0, 0.05) is 18.6 Å². The normalized spacial score (nSPS) is 29.9. The summed E-state index contributed by atoms with van der Waals surface area (Å²) >= 11 is 0. The Kier molecular flexibility index (Phi) is 3.05. The molecular formula is C15H18FNO2. The fourth-order valence-corrected chi connectivity index (χ4v) is 3.63. The molecule has 19 heavy (non-hydrogen) atoms. The number of carboxylic acid groups (broad SMARTS) is 1. The standard InChI is InChI=1S/C15H18FNO2/c1-9-6-10(2-4-13(9)16)8-17-11-3-5-14(17)12(7-11)15(18)19/h2,4,6,11-12,14H,3,5,7-8H2,1H3,(H,18,19). The Balaban J connectivity index is 1.77. The molecule has 3 atom stereocenters. The summed E-state index contributed by atoms with van der Waals surface area (Å²) in [6, 6.07) is 5.71. The highest BCUT2D eigenvalue weighted by Crippen LogP contribution is 2.42. The van der Waals surface area contributed by atoms with Crippen molar-refractivity contribution >= 4 is 5.97 Å². The number of carboxylic acids is 1. The van der Waals surface area contributed by atoms with Gasteiger partial charge < -0.3 is 5.11 Å². The molecule has 1 aromatic carbocycles. The Hall–Kier alpha value is -1.42. The molecule has 2 heterocycles. The molecule has 2 bridgehead atoms. The van der Waals surface area contributed by atoms with Crippen molar-refractivity contribution < 1.29 is 14.3 Å². The SMILES string of the molecule is Cc1cc(CN2C3CCC2C(C(=O)O)C3)ccc1F. The van der Waals surface area contributed by atoms with E-state index < -0.39 is 5.97 Å². The van der Waals surface area contributed by atoms with Crippen LogP contribution in [0.1, 0.15) is 30.4 Å². The quantitative estimate of drug-likeness (QED) is 0.911. The summed E-state index contributed by atoms with van der Waals surface area (Å²) in [5.41, 5.74) is 1.72. The van der Waals surface area contributed by atoms with Crippen molar-refractivity contribution in [3.05, 3.63) is 35.1 Å². The average molecular weight is 263 g/mol. The molecule has 3 nitrogen and oxygen atoms in total. The highest BCUT2D eigenvalue weighted by atomic mass is 19.1. The van der Waals surface area contributed by atoms with Crippen LogP contribution in [0.5, 0.6) is 0 Å². The van der Waals surface area contributed by atoms with Crippen LogP contribution in [0.3, 0.4) is 0 Å². The second kappa shape index (κ2) is 4.60. The third-order valence-corrected chi connectivity index (χ3v) is 4.59. The zero-order chi connectivity index (χ0) is 13.6. The van der Waals surface area contributed by atoms with Gasteiger partial charge in [-0.3, -0.25) is 9.69 Å². The molecule has 0 aromatic heterocycles. The van der Waals surface area contributed by atoms with Crippen LogP contribution in [0.15, 0.2) is 18.2 Å². The van der Waals surface area contributed by atoms with Crippen molar-refractivity contribution in [3.63, 3.8) is 0 Å². The summed E-state index contributed by atoms with van der Waals surface area (Å²) in [6.45, 7) is 2.50. The van der Waals surface area contributed by atoms with Crippen molar-refractivity contribution in [2.24, 2.45) is 5.92 Å². The van der Waals surface area contributed by atoms with Gasteiger partial charge in [-0.2, -0.15) is 0 Å². The van der Waals surface area contributed by atoms with Gasteiger partial charge in [-0.15, -0.1) is 0 Å². The lowest BCUT2D eigenvalue weighted by Gasteiger charge is -2.23. The second-order valence-corrected chi connectivity index (χ2v) is 5.73. The van der Waals surface area contributed by atoms with Gasteiger partial charge in [-0.1, -0.05) is 12.1 Å². The van der Waals surface area contributed by atoms with E-state index in [2.05, 4.69) is 4.90 Å². The molecule has 2 aliphatic rings. The molecule has 0 aliphatic carbocycles. The lowest BCUT2D eigenvalue weighted by atomic mass is 9.89. The van der Waals surface area contributed by atoms with Crippen molar-refractivity contribution in [3.8, 4) is 0 Å². The number of aliphatic carboxylic acids is 1. The number of benzene rings is 1. The third kappa shape index (κ3) is 2.14. The highest BCUT2D eigenvalue weighted by Gasteiger charge is 2.48. The summed E-state index contributed by atoms with van der Waals surface area (Å²) in [4.78, 5) is 13.5. The molecule has 1 N–H and O–H groups in total. The van der Waals surface area contributed by atoms with E-state index in [9.17, 15) is 14.3 Å². The van der Waals surface area contributed by atoms with E-state index in [0.29, 0.717) is 11.6 Å². The van der Waals surface area contributed by atoms with Gasteiger partial charge in [0.15, 0.2) is 0 Å². The number of fused-ring (bicyclic) bond motifs is 2. The Morgan fingerprint density at radius 2 is 2.26 bits per heavy atom. The molecule has 3 unspecified atom stereocenters. The highest BCUT2D eigenvalue weighted by molar-refractivity contribution is 5.71. The summed E-state index contributed by atoms with van der Waals surface area (Å²) in [6.07, 6.45) is 2.83. The number of nitrogens with zero attached hydrogens (tertiary/aromatic N) is 1. The Morgan fingerprint density at radius 1 is 1.47 bits per heavy atom. The van der Waals surface area contributed by atoms with Crippen LogP contribution in [0.25, 0.3) is 0 Å². The number of hydrogen-bond donors (Lipinski definition) is 1. The fourth-order valence-electron chi connectivity index (χ4n) is 3.63.